The standard InChI is InChI=1S/C12H22O2/c1-10(2)7-9-14-8-3-4-12(13)11-5-6-11/h10-11H,3-9H2,1-2H3. The number of hydrogen-bond donors (Lipinski definition) is 0. The molecule has 0 spiro atoms. The van der Waals surface area contributed by atoms with Crippen LogP contribution in [0.1, 0.15) is 46.0 Å². The summed E-state index contributed by atoms with van der Waals surface area (Å²) in [5.41, 5.74) is 0. The van der Waals surface area contributed by atoms with Crippen molar-refractivity contribution in [3.8, 4) is 0 Å². The average Bonchev–Trinajstić information content (AvgIpc) is 2.92. The predicted molar refractivity (Wildman–Crippen MR) is 57.2 cm³/mol. The highest BCUT2D eigenvalue weighted by Crippen LogP contribution is 2.31. The van der Waals surface area contributed by atoms with Crippen LogP contribution in [0.25, 0.3) is 0 Å². The van der Waals surface area contributed by atoms with Crippen molar-refractivity contribution in [2.24, 2.45) is 11.8 Å². The third-order valence-corrected chi connectivity index (χ3v) is 2.58. The van der Waals surface area contributed by atoms with Gasteiger partial charge in [0, 0.05) is 25.6 Å². The van der Waals surface area contributed by atoms with Gasteiger partial charge in [0.2, 0.25) is 0 Å². The van der Waals surface area contributed by atoms with Gasteiger partial charge in [-0.1, -0.05) is 13.8 Å². The van der Waals surface area contributed by atoms with E-state index in [1.807, 2.05) is 0 Å². The number of hydrogen-bond acceptors (Lipinski definition) is 2. The Hall–Kier alpha value is -0.370. The van der Waals surface area contributed by atoms with Crippen LogP contribution in [0.3, 0.4) is 0 Å². The smallest absolute Gasteiger partial charge is 0.136 e. The minimum absolute atomic E-state index is 0.422. The van der Waals surface area contributed by atoms with Crippen molar-refractivity contribution in [3.63, 3.8) is 0 Å². The molecule has 0 unspecified atom stereocenters. The highest BCUT2D eigenvalue weighted by atomic mass is 16.5. The quantitative estimate of drug-likeness (QED) is 0.561. The summed E-state index contributed by atoms with van der Waals surface area (Å²) in [5, 5.41) is 0. The van der Waals surface area contributed by atoms with Crippen LogP contribution in [0.15, 0.2) is 0 Å². The van der Waals surface area contributed by atoms with Crippen molar-refractivity contribution in [2.75, 3.05) is 13.2 Å². The summed E-state index contributed by atoms with van der Waals surface area (Å²) < 4.78 is 5.44. The molecule has 0 N–H and O–H groups in total. The molecule has 0 bridgehead atoms. The van der Waals surface area contributed by atoms with Crippen LogP contribution in [0.2, 0.25) is 0 Å². The Morgan fingerprint density at radius 1 is 1.36 bits per heavy atom. The summed E-state index contributed by atoms with van der Waals surface area (Å²) >= 11 is 0. The molecule has 0 aromatic carbocycles. The van der Waals surface area contributed by atoms with Crippen molar-refractivity contribution in [1.29, 1.82) is 0 Å². The summed E-state index contributed by atoms with van der Waals surface area (Å²) in [6.07, 6.45) is 5.02. The molecule has 2 nitrogen and oxygen atoms in total. The van der Waals surface area contributed by atoms with Gasteiger partial charge >= 0.3 is 0 Å². The van der Waals surface area contributed by atoms with Gasteiger partial charge in [0.1, 0.15) is 5.78 Å². The van der Waals surface area contributed by atoms with Crippen molar-refractivity contribution >= 4 is 5.78 Å². The maximum Gasteiger partial charge on any atom is 0.136 e. The number of ether oxygens (including phenoxy) is 1. The van der Waals surface area contributed by atoms with E-state index >= 15 is 0 Å². The molecule has 1 aliphatic carbocycles. The largest absolute Gasteiger partial charge is 0.381 e. The Bertz CT molecular complexity index is 171. The lowest BCUT2D eigenvalue weighted by atomic mass is 10.1. The molecule has 0 amide bonds. The molecule has 0 aromatic heterocycles. The molecule has 2 heteroatoms. The molecule has 0 atom stereocenters. The molecule has 0 radical (unpaired) electrons. The molecular weight excluding hydrogens is 176 g/mol. The normalized spacial score (nSPS) is 16.2. The third-order valence-electron chi connectivity index (χ3n) is 2.58. The molecule has 82 valence electrons. The fourth-order valence-corrected chi connectivity index (χ4v) is 1.38. The van der Waals surface area contributed by atoms with Gasteiger partial charge in [-0.25, -0.2) is 0 Å². The van der Waals surface area contributed by atoms with Gasteiger partial charge in [-0.2, -0.15) is 0 Å². The van der Waals surface area contributed by atoms with E-state index < -0.39 is 0 Å². The summed E-state index contributed by atoms with van der Waals surface area (Å²) in [6.45, 7) is 5.99. The molecule has 1 aliphatic rings. The van der Waals surface area contributed by atoms with Crippen molar-refractivity contribution < 1.29 is 9.53 Å². The van der Waals surface area contributed by atoms with E-state index in [2.05, 4.69) is 13.8 Å². The van der Waals surface area contributed by atoms with Gasteiger partial charge in [-0.15, -0.1) is 0 Å². The highest BCUT2D eigenvalue weighted by molar-refractivity contribution is 5.83. The Labute approximate surface area is 87.0 Å². The minimum atomic E-state index is 0.422. The number of carbonyl (C=O) groups is 1. The maximum atomic E-state index is 11.3. The van der Waals surface area contributed by atoms with Crippen LogP contribution in [-0.2, 0) is 9.53 Å². The number of ketones is 1. The van der Waals surface area contributed by atoms with Gasteiger partial charge in [-0.05, 0) is 31.6 Å². The Balaban J connectivity index is 1.81. The summed E-state index contributed by atoms with van der Waals surface area (Å²) in [6, 6.07) is 0. The zero-order valence-electron chi connectivity index (χ0n) is 9.42. The van der Waals surface area contributed by atoms with Crippen molar-refractivity contribution in [2.45, 2.75) is 46.0 Å². The molecule has 1 saturated carbocycles. The van der Waals surface area contributed by atoms with Crippen LogP contribution < -0.4 is 0 Å². The monoisotopic (exact) mass is 198 g/mol. The first kappa shape index (κ1) is 11.7. The number of rotatable bonds is 8. The van der Waals surface area contributed by atoms with E-state index in [1.54, 1.807) is 0 Å². The Morgan fingerprint density at radius 3 is 2.64 bits per heavy atom. The van der Waals surface area contributed by atoms with Crippen LogP contribution in [0.5, 0.6) is 0 Å². The Morgan fingerprint density at radius 2 is 2.07 bits per heavy atom. The summed E-state index contributed by atoms with van der Waals surface area (Å²) in [4.78, 5) is 11.3. The molecule has 1 rings (SSSR count). The van der Waals surface area contributed by atoms with Gasteiger partial charge in [-0.3, -0.25) is 4.79 Å². The van der Waals surface area contributed by atoms with E-state index in [4.69, 9.17) is 4.74 Å². The van der Waals surface area contributed by atoms with Crippen LogP contribution in [0, 0.1) is 11.8 Å². The SMILES string of the molecule is CC(C)CCOCCCC(=O)C1CC1. The molecular formula is C12H22O2. The molecule has 0 saturated heterocycles. The molecule has 0 aliphatic heterocycles. The Kier molecular flexibility index (Phi) is 5.16. The fraction of sp³-hybridized carbons (Fsp3) is 0.917. The number of Topliss-reactive ketones (excluding diaryl/α,β-unsaturated/α-hetero) is 1. The maximum absolute atomic E-state index is 11.3. The lowest BCUT2D eigenvalue weighted by Crippen LogP contribution is -2.04. The van der Waals surface area contributed by atoms with E-state index in [-0.39, 0.29) is 0 Å². The van der Waals surface area contributed by atoms with Crippen molar-refractivity contribution in [1.82, 2.24) is 0 Å². The second kappa shape index (κ2) is 6.18. The van der Waals surface area contributed by atoms with E-state index in [0.29, 0.717) is 17.6 Å². The first-order valence-electron chi connectivity index (χ1n) is 5.80. The zero-order valence-corrected chi connectivity index (χ0v) is 9.42. The van der Waals surface area contributed by atoms with Gasteiger partial charge in [0.25, 0.3) is 0 Å². The van der Waals surface area contributed by atoms with Gasteiger partial charge in [0.05, 0.1) is 0 Å². The first-order chi connectivity index (χ1) is 6.70. The lowest BCUT2D eigenvalue weighted by Gasteiger charge is -2.05. The second-order valence-electron chi connectivity index (χ2n) is 4.64. The summed E-state index contributed by atoms with van der Waals surface area (Å²) in [7, 11) is 0. The predicted octanol–water partition coefficient (Wildman–Crippen LogP) is 2.81. The lowest BCUT2D eigenvalue weighted by molar-refractivity contribution is -0.120. The van der Waals surface area contributed by atoms with E-state index in [1.165, 1.54) is 0 Å². The van der Waals surface area contributed by atoms with Crippen LogP contribution in [-0.4, -0.2) is 19.0 Å². The molecule has 1 fully saturated rings. The third kappa shape index (κ3) is 5.38. The first-order valence-corrected chi connectivity index (χ1v) is 5.80. The van der Waals surface area contributed by atoms with E-state index in [9.17, 15) is 4.79 Å². The molecule has 0 aromatic rings. The summed E-state index contributed by atoms with van der Waals surface area (Å²) in [5.74, 6) is 1.59. The highest BCUT2D eigenvalue weighted by Gasteiger charge is 2.28. The molecule has 0 heterocycles. The van der Waals surface area contributed by atoms with Gasteiger partial charge in [0.15, 0.2) is 0 Å². The molecule has 14 heavy (non-hydrogen) atoms. The number of carbonyl (C=O) groups excluding carboxylic acids is 1. The second-order valence-corrected chi connectivity index (χ2v) is 4.64. The zero-order chi connectivity index (χ0) is 10.4. The topological polar surface area (TPSA) is 26.3 Å². The fourth-order valence-electron chi connectivity index (χ4n) is 1.38. The van der Waals surface area contributed by atoms with Crippen molar-refractivity contribution in [3.05, 3.63) is 0 Å². The minimum Gasteiger partial charge on any atom is -0.381 e. The van der Waals surface area contributed by atoms with Crippen LogP contribution >= 0.6 is 0 Å². The van der Waals surface area contributed by atoms with E-state index in [0.717, 1.165) is 45.3 Å². The van der Waals surface area contributed by atoms with Gasteiger partial charge < -0.3 is 4.74 Å². The van der Waals surface area contributed by atoms with Crippen LogP contribution in [0.4, 0.5) is 0 Å². The average molecular weight is 198 g/mol.